The summed E-state index contributed by atoms with van der Waals surface area (Å²) in [4.78, 5) is 29.7. The van der Waals surface area contributed by atoms with Crippen LogP contribution in [0.2, 0.25) is 0 Å². The highest BCUT2D eigenvalue weighted by Crippen LogP contribution is 2.35. The van der Waals surface area contributed by atoms with Crippen molar-refractivity contribution in [3.05, 3.63) is 48.5 Å². The number of piperidine rings is 1. The van der Waals surface area contributed by atoms with Gasteiger partial charge in [0.1, 0.15) is 17.6 Å². The molecule has 164 valence electrons. The fourth-order valence-corrected chi connectivity index (χ4v) is 4.14. The van der Waals surface area contributed by atoms with Gasteiger partial charge in [0.05, 0.1) is 19.3 Å². The summed E-state index contributed by atoms with van der Waals surface area (Å²) in [6.45, 7) is 3.73. The highest BCUT2D eigenvalue weighted by Gasteiger charge is 2.34. The van der Waals surface area contributed by atoms with E-state index in [0.29, 0.717) is 38.2 Å². The topological polar surface area (TPSA) is 71.1 Å². The highest BCUT2D eigenvalue weighted by atomic mass is 16.5. The second-order valence-corrected chi connectivity index (χ2v) is 7.99. The predicted molar refractivity (Wildman–Crippen MR) is 120 cm³/mol. The molecule has 0 aromatic heterocycles. The summed E-state index contributed by atoms with van der Waals surface area (Å²) < 4.78 is 11.2. The fourth-order valence-electron chi connectivity index (χ4n) is 4.14. The zero-order valence-electron chi connectivity index (χ0n) is 18.0. The van der Waals surface area contributed by atoms with Gasteiger partial charge in [-0.05, 0) is 43.5 Å². The molecule has 3 amide bonds. The van der Waals surface area contributed by atoms with Crippen molar-refractivity contribution in [3.8, 4) is 11.5 Å². The molecule has 0 saturated carbocycles. The van der Waals surface area contributed by atoms with Crippen molar-refractivity contribution in [2.75, 3.05) is 37.0 Å². The van der Waals surface area contributed by atoms with Crippen LogP contribution in [0, 0.1) is 5.92 Å². The largest absolute Gasteiger partial charge is 0.497 e. The normalized spacial score (nSPS) is 18.7. The van der Waals surface area contributed by atoms with Crippen LogP contribution in [0.5, 0.6) is 11.5 Å². The van der Waals surface area contributed by atoms with E-state index in [-0.39, 0.29) is 24.0 Å². The molecular formula is C24H29N3O4. The van der Waals surface area contributed by atoms with Crippen LogP contribution in [0.25, 0.3) is 0 Å². The molecule has 7 heteroatoms. The fraction of sp³-hybridized carbons (Fsp3) is 0.417. The van der Waals surface area contributed by atoms with Gasteiger partial charge < -0.3 is 19.7 Å². The van der Waals surface area contributed by atoms with Crippen molar-refractivity contribution in [1.29, 1.82) is 0 Å². The summed E-state index contributed by atoms with van der Waals surface area (Å²) in [5, 5.41) is 2.97. The Balaban J connectivity index is 1.37. The molecule has 2 aliphatic rings. The molecule has 1 saturated heterocycles. The van der Waals surface area contributed by atoms with E-state index in [2.05, 4.69) is 12.2 Å². The molecule has 31 heavy (non-hydrogen) atoms. The van der Waals surface area contributed by atoms with Crippen LogP contribution in [0.15, 0.2) is 48.5 Å². The first-order chi connectivity index (χ1) is 15.1. The first-order valence-electron chi connectivity index (χ1n) is 10.9. The van der Waals surface area contributed by atoms with Gasteiger partial charge in [0.25, 0.3) is 0 Å². The Morgan fingerprint density at radius 1 is 1.13 bits per heavy atom. The Hall–Kier alpha value is -3.22. The van der Waals surface area contributed by atoms with Crippen LogP contribution in [0.4, 0.5) is 16.2 Å². The third-order valence-corrected chi connectivity index (χ3v) is 6.00. The molecule has 1 unspecified atom stereocenters. The van der Waals surface area contributed by atoms with Gasteiger partial charge in [-0.1, -0.05) is 25.1 Å². The van der Waals surface area contributed by atoms with E-state index >= 15 is 0 Å². The Labute approximate surface area is 182 Å². The van der Waals surface area contributed by atoms with E-state index < -0.39 is 0 Å². The van der Waals surface area contributed by atoms with Gasteiger partial charge in [-0.15, -0.1) is 0 Å². The number of urea groups is 1. The summed E-state index contributed by atoms with van der Waals surface area (Å²) in [6.07, 6.45) is 2.12. The molecule has 1 N–H and O–H groups in total. The summed E-state index contributed by atoms with van der Waals surface area (Å²) in [5.41, 5.74) is 1.54. The van der Waals surface area contributed by atoms with E-state index in [1.54, 1.807) is 13.2 Å². The van der Waals surface area contributed by atoms with Crippen LogP contribution in [-0.2, 0) is 4.79 Å². The highest BCUT2D eigenvalue weighted by molar-refractivity contribution is 5.95. The van der Waals surface area contributed by atoms with Crippen molar-refractivity contribution in [2.45, 2.75) is 32.3 Å². The molecule has 0 aliphatic carbocycles. The number of anilines is 2. The predicted octanol–water partition coefficient (Wildman–Crippen LogP) is 4.14. The van der Waals surface area contributed by atoms with Crippen LogP contribution < -0.4 is 19.7 Å². The number of likely N-dealkylation sites (tertiary alicyclic amines) is 1. The van der Waals surface area contributed by atoms with E-state index in [1.165, 1.54) is 0 Å². The number of amides is 3. The molecule has 2 aliphatic heterocycles. The SMILES string of the molecule is CCC1CN(C(=O)N2CCC(C(=O)Nc3cccc(OC)c3)CC2)c2ccccc2O1. The summed E-state index contributed by atoms with van der Waals surface area (Å²) in [6, 6.07) is 15.0. The van der Waals surface area contributed by atoms with Crippen LogP contribution in [-0.4, -0.2) is 49.7 Å². The average Bonchev–Trinajstić information content (AvgIpc) is 2.83. The van der Waals surface area contributed by atoms with Gasteiger partial charge in [0.2, 0.25) is 5.91 Å². The second kappa shape index (κ2) is 9.29. The van der Waals surface area contributed by atoms with Gasteiger partial charge in [0.15, 0.2) is 0 Å². The molecule has 1 fully saturated rings. The Morgan fingerprint density at radius 2 is 1.90 bits per heavy atom. The number of nitrogens with zero attached hydrogens (tertiary/aromatic N) is 2. The number of ether oxygens (including phenoxy) is 2. The van der Waals surface area contributed by atoms with Crippen molar-refractivity contribution in [2.24, 2.45) is 5.92 Å². The van der Waals surface area contributed by atoms with Crippen molar-refractivity contribution < 1.29 is 19.1 Å². The van der Waals surface area contributed by atoms with E-state index in [1.807, 2.05) is 52.3 Å². The number of carbonyl (C=O) groups is 2. The summed E-state index contributed by atoms with van der Waals surface area (Å²) in [7, 11) is 1.60. The number of hydrogen-bond donors (Lipinski definition) is 1. The zero-order valence-corrected chi connectivity index (χ0v) is 18.0. The molecule has 0 radical (unpaired) electrons. The van der Waals surface area contributed by atoms with Gasteiger partial charge in [-0.25, -0.2) is 4.79 Å². The van der Waals surface area contributed by atoms with Gasteiger partial charge in [-0.2, -0.15) is 0 Å². The first kappa shape index (κ1) is 21.0. The maximum absolute atomic E-state index is 13.3. The number of benzene rings is 2. The molecule has 2 heterocycles. The molecule has 4 rings (SSSR count). The second-order valence-electron chi connectivity index (χ2n) is 7.99. The smallest absolute Gasteiger partial charge is 0.324 e. The van der Waals surface area contributed by atoms with Crippen LogP contribution in [0.3, 0.4) is 0 Å². The maximum atomic E-state index is 13.3. The van der Waals surface area contributed by atoms with Crippen LogP contribution >= 0.6 is 0 Å². The lowest BCUT2D eigenvalue weighted by Crippen LogP contribution is -2.52. The molecule has 1 atom stereocenters. The average molecular weight is 424 g/mol. The van der Waals surface area contributed by atoms with Crippen molar-refractivity contribution in [1.82, 2.24) is 4.90 Å². The molecule has 0 bridgehead atoms. The molecular weight excluding hydrogens is 394 g/mol. The molecule has 2 aromatic rings. The Morgan fingerprint density at radius 3 is 2.65 bits per heavy atom. The van der Waals surface area contributed by atoms with Crippen molar-refractivity contribution >= 4 is 23.3 Å². The lowest BCUT2D eigenvalue weighted by Gasteiger charge is -2.39. The molecule has 0 spiro atoms. The molecule has 7 nitrogen and oxygen atoms in total. The summed E-state index contributed by atoms with van der Waals surface area (Å²) in [5.74, 6) is 1.33. The zero-order chi connectivity index (χ0) is 21.8. The first-order valence-corrected chi connectivity index (χ1v) is 10.9. The standard InChI is InChI=1S/C24H29N3O4/c1-3-19-16-27(21-9-4-5-10-22(21)31-19)24(29)26-13-11-17(12-14-26)23(28)25-18-7-6-8-20(15-18)30-2/h4-10,15,17,19H,3,11-14,16H2,1-2H3,(H,25,28). The third-order valence-electron chi connectivity index (χ3n) is 6.00. The quantitative estimate of drug-likeness (QED) is 0.802. The summed E-state index contributed by atoms with van der Waals surface area (Å²) >= 11 is 0. The minimum Gasteiger partial charge on any atom is -0.497 e. The lowest BCUT2D eigenvalue weighted by molar-refractivity contribution is -0.121. The Bertz CT molecular complexity index is 940. The minimum absolute atomic E-state index is 0.00923. The van der Waals surface area contributed by atoms with E-state index in [0.717, 1.165) is 23.5 Å². The number of methoxy groups -OCH3 is 1. The van der Waals surface area contributed by atoms with Gasteiger partial charge >= 0.3 is 6.03 Å². The minimum atomic E-state index is -0.115. The van der Waals surface area contributed by atoms with E-state index in [9.17, 15) is 9.59 Å². The number of hydrogen-bond acceptors (Lipinski definition) is 4. The number of carbonyl (C=O) groups excluding carboxylic acids is 2. The number of nitrogens with one attached hydrogen (secondary N) is 1. The number of rotatable bonds is 4. The third kappa shape index (κ3) is 4.60. The number of para-hydroxylation sites is 2. The van der Waals surface area contributed by atoms with Crippen molar-refractivity contribution in [3.63, 3.8) is 0 Å². The van der Waals surface area contributed by atoms with Crippen LogP contribution in [0.1, 0.15) is 26.2 Å². The number of fused-ring (bicyclic) bond motifs is 1. The Kier molecular flexibility index (Phi) is 6.30. The maximum Gasteiger partial charge on any atom is 0.324 e. The van der Waals surface area contributed by atoms with E-state index in [4.69, 9.17) is 9.47 Å². The van der Waals surface area contributed by atoms with Gasteiger partial charge in [0, 0.05) is 30.8 Å². The van der Waals surface area contributed by atoms with Gasteiger partial charge in [-0.3, -0.25) is 9.69 Å². The lowest BCUT2D eigenvalue weighted by atomic mass is 9.96. The monoisotopic (exact) mass is 423 g/mol. The molecule has 2 aromatic carbocycles.